The summed E-state index contributed by atoms with van der Waals surface area (Å²) in [6.45, 7) is -0.468. The van der Waals surface area contributed by atoms with Gasteiger partial charge in [0.05, 0.1) is 60.5 Å². The molecule has 5 aliphatic heterocycles. The van der Waals surface area contributed by atoms with Gasteiger partial charge < -0.3 is 0 Å². The van der Waals surface area contributed by atoms with E-state index in [1.807, 2.05) is 0 Å². The zero-order valence-electron chi connectivity index (χ0n) is 26.4. The van der Waals surface area contributed by atoms with Crippen LogP contribution in [0.2, 0.25) is 0 Å². The van der Waals surface area contributed by atoms with E-state index in [0.29, 0.717) is 107 Å². The molecule has 6 aromatic rings. The number of benzene rings is 5. The number of fused-ring (bicyclic) bond motifs is 15. The van der Waals surface area contributed by atoms with Gasteiger partial charge >= 0.3 is 0 Å². The molecule has 0 unspecified atom stereocenters. The normalized spacial score (nSPS) is 19.3. The average molecular weight is 739 g/mol. The molecule has 11 rings (SSSR count). The molecule has 0 spiro atoms. The number of hydrogen-bond donors (Lipinski definition) is 5. The second kappa shape index (κ2) is 9.68. The third kappa shape index (κ3) is 3.26. The van der Waals surface area contributed by atoms with Crippen molar-refractivity contribution in [2.24, 2.45) is 0 Å². The van der Waals surface area contributed by atoms with Crippen LogP contribution in [-0.2, 0) is 49.2 Å². The van der Waals surface area contributed by atoms with Gasteiger partial charge in [-0.05, 0) is 86.9 Å². The molecule has 0 saturated heterocycles. The largest absolute Gasteiger partial charge is 0.286 e. The average Bonchev–Trinajstić information content (AvgIpc) is 3.45. The SMILES string of the molecule is O=C1c2c(c3c4c(c5c6c(c7c8c(c9c%10c(c2c2c3c5c7c92)CCN(O)C%10=O)CCN(O)C8=O)CCN(O)C6=O)CCN(O)C4=O)CCN1O.[Cu]. The summed E-state index contributed by atoms with van der Waals surface area (Å²) in [6.07, 6.45) is 0.604. The monoisotopic (exact) mass is 738 g/mol. The second-order valence-corrected chi connectivity index (χ2v) is 13.9. The van der Waals surface area contributed by atoms with E-state index in [2.05, 4.69) is 0 Å². The molecule has 5 heterocycles. The van der Waals surface area contributed by atoms with Crippen molar-refractivity contribution in [3.05, 3.63) is 55.6 Å². The van der Waals surface area contributed by atoms with Crippen LogP contribution in [0, 0.1) is 0 Å². The molecule has 5 aliphatic rings. The van der Waals surface area contributed by atoms with Crippen LogP contribution in [-0.4, -0.2) is 114 Å². The Labute approximate surface area is 295 Å². The van der Waals surface area contributed by atoms with Crippen molar-refractivity contribution >= 4 is 83.4 Å². The Balaban J connectivity index is 0.00000327. The van der Waals surface area contributed by atoms with Gasteiger partial charge in [-0.1, -0.05) is 0 Å². The van der Waals surface area contributed by atoms with Crippen LogP contribution < -0.4 is 0 Å². The molecule has 0 aliphatic carbocycles. The van der Waals surface area contributed by atoms with E-state index in [0.717, 1.165) is 0 Å². The fourth-order valence-corrected chi connectivity index (χ4v) is 10.1. The van der Waals surface area contributed by atoms with Crippen LogP contribution in [0.3, 0.4) is 0 Å². The van der Waals surface area contributed by atoms with Crippen molar-refractivity contribution < 1.29 is 67.1 Å². The second-order valence-electron chi connectivity index (χ2n) is 13.9. The molecule has 0 aromatic heterocycles. The van der Waals surface area contributed by atoms with E-state index >= 15 is 0 Å². The number of carbonyl (C=O) groups excluding carboxylic acids is 5. The predicted molar refractivity (Wildman–Crippen MR) is 170 cm³/mol. The molecule has 5 amide bonds. The van der Waals surface area contributed by atoms with Gasteiger partial charge in [-0.15, -0.1) is 0 Å². The molecular formula is C35H25CuN5O10. The van der Waals surface area contributed by atoms with Crippen LogP contribution in [0.5, 0.6) is 0 Å². The maximum atomic E-state index is 14.1. The molecule has 6 aromatic carbocycles. The minimum atomic E-state index is -0.729. The summed E-state index contributed by atoms with van der Waals surface area (Å²) in [5.41, 5.74) is 2.79. The standard InChI is InChI=1S/C35H25N5O10.Cu/c41-31-21-11(1-6-36(31)46)16-22-13(3-8-37(47)32(22)42)18-24-15(5-10-39(49)34(24)44)20-25-14(4-9-40(50)35(25)45)19-23-12(2-7-38(48)33(23)43)17(21)27-26(16)28(18)30(20)29(19)27;/h46-50H,1-10H2;. The summed E-state index contributed by atoms with van der Waals surface area (Å²) in [4.78, 5) is 70.7. The number of amides is 5. The van der Waals surface area contributed by atoms with Crippen molar-refractivity contribution in [3.63, 3.8) is 0 Å². The first-order valence-electron chi connectivity index (χ1n) is 16.5. The Morgan fingerprint density at radius 1 is 0.294 bits per heavy atom. The van der Waals surface area contributed by atoms with Crippen LogP contribution in [0.1, 0.15) is 79.6 Å². The number of hydrogen-bond acceptors (Lipinski definition) is 10. The van der Waals surface area contributed by atoms with Crippen LogP contribution in [0.25, 0.3) is 53.9 Å². The van der Waals surface area contributed by atoms with Crippen molar-refractivity contribution in [3.8, 4) is 0 Å². The van der Waals surface area contributed by atoms with Crippen LogP contribution >= 0.6 is 0 Å². The van der Waals surface area contributed by atoms with Crippen molar-refractivity contribution in [1.82, 2.24) is 25.3 Å². The Kier molecular flexibility index (Phi) is 5.86. The van der Waals surface area contributed by atoms with E-state index < -0.39 is 29.5 Å². The quantitative estimate of drug-likeness (QED) is 0.0876. The van der Waals surface area contributed by atoms with E-state index in [4.69, 9.17) is 0 Å². The van der Waals surface area contributed by atoms with Gasteiger partial charge in [0.2, 0.25) is 0 Å². The first-order chi connectivity index (χ1) is 24.0. The van der Waals surface area contributed by atoms with Crippen molar-refractivity contribution in [2.45, 2.75) is 32.1 Å². The van der Waals surface area contributed by atoms with Gasteiger partial charge in [-0.25, -0.2) is 25.3 Å². The Morgan fingerprint density at radius 3 is 0.608 bits per heavy atom. The molecule has 0 fully saturated rings. The smallest absolute Gasteiger partial charge is 0.278 e. The zero-order chi connectivity index (χ0) is 34.4. The fraction of sp³-hybridized carbons (Fsp3) is 0.286. The number of carbonyl (C=O) groups is 5. The predicted octanol–water partition coefficient (Wildman–Crippen LogP) is 2.70. The topological polar surface area (TPSA) is 203 Å². The zero-order valence-corrected chi connectivity index (χ0v) is 27.3. The van der Waals surface area contributed by atoms with Gasteiger partial charge in [0, 0.05) is 44.0 Å². The summed E-state index contributed by atoms with van der Waals surface area (Å²) in [6, 6.07) is 0. The fourth-order valence-electron chi connectivity index (χ4n) is 10.1. The summed E-state index contributed by atoms with van der Waals surface area (Å²) >= 11 is 0. The van der Waals surface area contributed by atoms with E-state index in [9.17, 15) is 50.0 Å². The van der Waals surface area contributed by atoms with E-state index in [1.54, 1.807) is 0 Å². The molecule has 0 bridgehead atoms. The number of hydroxylamine groups is 10. The van der Waals surface area contributed by atoms with Gasteiger partial charge in [0.25, 0.3) is 29.5 Å². The molecule has 15 nitrogen and oxygen atoms in total. The summed E-state index contributed by atoms with van der Waals surface area (Å²) in [5, 5.41) is 61.7. The van der Waals surface area contributed by atoms with E-state index in [-0.39, 0.29) is 110 Å². The Hall–Kier alpha value is -4.93. The van der Waals surface area contributed by atoms with Gasteiger partial charge in [-0.3, -0.25) is 50.0 Å². The molecule has 51 heavy (non-hydrogen) atoms. The number of nitrogens with zero attached hydrogens (tertiary/aromatic N) is 5. The van der Waals surface area contributed by atoms with Gasteiger partial charge in [-0.2, -0.15) is 0 Å². The van der Waals surface area contributed by atoms with Gasteiger partial charge in [0.15, 0.2) is 0 Å². The number of rotatable bonds is 0. The molecule has 0 saturated carbocycles. The third-order valence-corrected chi connectivity index (χ3v) is 11.9. The molecule has 0 atom stereocenters. The maximum absolute atomic E-state index is 14.1. The van der Waals surface area contributed by atoms with Crippen molar-refractivity contribution in [2.75, 3.05) is 32.7 Å². The first-order valence-corrected chi connectivity index (χ1v) is 16.5. The third-order valence-electron chi connectivity index (χ3n) is 11.9. The van der Waals surface area contributed by atoms with E-state index in [1.165, 1.54) is 0 Å². The van der Waals surface area contributed by atoms with Gasteiger partial charge in [0.1, 0.15) is 0 Å². The maximum Gasteiger partial charge on any atom is 0.278 e. The van der Waals surface area contributed by atoms with Crippen LogP contribution in [0.4, 0.5) is 0 Å². The van der Waals surface area contributed by atoms with Crippen LogP contribution in [0.15, 0.2) is 0 Å². The first kappa shape index (κ1) is 30.9. The molecule has 5 N–H and O–H groups in total. The summed E-state index contributed by atoms with van der Waals surface area (Å²) in [5.74, 6) is -3.64. The molecular weight excluding hydrogens is 714 g/mol. The molecule has 16 heteroatoms. The summed E-state index contributed by atoms with van der Waals surface area (Å²) in [7, 11) is 0. The molecule has 1 radical (unpaired) electrons. The summed E-state index contributed by atoms with van der Waals surface area (Å²) < 4.78 is 0. The Morgan fingerprint density at radius 2 is 0.451 bits per heavy atom. The Bertz CT molecular complexity index is 2260. The molecule has 261 valence electrons. The minimum Gasteiger partial charge on any atom is -0.286 e. The van der Waals surface area contributed by atoms with Crippen molar-refractivity contribution in [1.29, 1.82) is 0 Å². The minimum absolute atomic E-state index is 0.